The first-order chi connectivity index (χ1) is 10.0. The van der Waals surface area contributed by atoms with E-state index in [0.717, 1.165) is 38.6 Å². The molecule has 126 valence electrons. The number of thiazole rings is 1. The third kappa shape index (κ3) is 5.68. The summed E-state index contributed by atoms with van der Waals surface area (Å²) in [4.78, 5) is 11.9. The molecule has 1 N–H and O–H groups in total. The molecule has 0 radical (unpaired) electrons. The number of aliphatic imine (C=N–C) groups is 1. The molecule has 0 aromatic carbocycles. The van der Waals surface area contributed by atoms with Crippen LogP contribution in [0.4, 0.5) is 0 Å². The van der Waals surface area contributed by atoms with Crippen LogP contribution >= 0.6 is 35.3 Å². The van der Waals surface area contributed by atoms with Gasteiger partial charge in [0.2, 0.25) is 0 Å². The maximum Gasteiger partial charge on any atom is 0.193 e. The lowest BCUT2D eigenvalue weighted by Gasteiger charge is -2.20. The summed E-state index contributed by atoms with van der Waals surface area (Å²) in [5.74, 6) is 1.07. The van der Waals surface area contributed by atoms with E-state index >= 15 is 0 Å². The second kappa shape index (κ2) is 9.05. The van der Waals surface area contributed by atoms with Crippen LogP contribution in [0.1, 0.15) is 51.2 Å². The van der Waals surface area contributed by atoms with Gasteiger partial charge in [0, 0.05) is 43.4 Å². The molecule has 1 saturated heterocycles. The molecule has 0 atom stereocenters. The Balaban J connectivity index is 0.00000242. The zero-order chi connectivity index (χ0) is 15.3. The molecule has 1 aromatic heterocycles. The number of nitrogens with one attached hydrogen (secondary N) is 1. The normalized spacial score (nSPS) is 15.8. The summed E-state index contributed by atoms with van der Waals surface area (Å²) in [6, 6.07) is 0. The van der Waals surface area contributed by atoms with Crippen molar-refractivity contribution in [2.24, 2.45) is 4.99 Å². The third-order valence-electron chi connectivity index (χ3n) is 3.65. The highest BCUT2D eigenvalue weighted by Crippen LogP contribution is 2.24. The lowest BCUT2D eigenvalue weighted by Crippen LogP contribution is -2.39. The van der Waals surface area contributed by atoms with Gasteiger partial charge in [-0.1, -0.05) is 20.8 Å². The van der Waals surface area contributed by atoms with E-state index in [4.69, 9.17) is 9.98 Å². The van der Waals surface area contributed by atoms with Crippen LogP contribution in [-0.4, -0.2) is 42.0 Å². The fourth-order valence-electron chi connectivity index (χ4n) is 2.38. The Hall–Kier alpha value is -0.370. The first kappa shape index (κ1) is 19.7. The lowest BCUT2D eigenvalue weighted by atomic mass is 9.93. The minimum absolute atomic E-state index is 0. The van der Waals surface area contributed by atoms with Gasteiger partial charge in [0.25, 0.3) is 0 Å². The Morgan fingerprint density at radius 3 is 2.59 bits per heavy atom. The highest BCUT2D eigenvalue weighted by molar-refractivity contribution is 14.0. The fourth-order valence-corrected chi connectivity index (χ4v) is 3.40. The van der Waals surface area contributed by atoms with Crippen molar-refractivity contribution in [1.82, 2.24) is 15.2 Å². The summed E-state index contributed by atoms with van der Waals surface area (Å²) in [5, 5.41) is 6.78. The molecular formula is C16H29IN4S. The summed E-state index contributed by atoms with van der Waals surface area (Å²) in [6.07, 6.45) is 3.50. The van der Waals surface area contributed by atoms with Crippen LogP contribution < -0.4 is 5.32 Å². The van der Waals surface area contributed by atoms with Gasteiger partial charge in [-0.25, -0.2) is 4.98 Å². The minimum Gasteiger partial charge on any atom is -0.357 e. The number of halogens is 1. The molecule has 1 aromatic rings. The van der Waals surface area contributed by atoms with E-state index in [1.807, 2.05) is 0 Å². The Labute approximate surface area is 155 Å². The topological polar surface area (TPSA) is 40.5 Å². The van der Waals surface area contributed by atoms with Gasteiger partial charge in [0.05, 0.1) is 10.7 Å². The molecule has 1 aliphatic rings. The van der Waals surface area contributed by atoms with Crippen molar-refractivity contribution in [3.63, 3.8) is 0 Å². The maximum atomic E-state index is 4.76. The largest absolute Gasteiger partial charge is 0.357 e. The molecule has 0 bridgehead atoms. The molecule has 0 spiro atoms. The summed E-state index contributed by atoms with van der Waals surface area (Å²) in [7, 11) is 0. The van der Waals surface area contributed by atoms with E-state index in [0.29, 0.717) is 0 Å². The highest BCUT2D eigenvalue weighted by atomic mass is 127. The quantitative estimate of drug-likeness (QED) is 0.445. The summed E-state index contributed by atoms with van der Waals surface area (Å²) < 4.78 is 0. The third-order valence-corrected chi connectivity index (χ3v) is 4.56. The fraction of sp³-hybridized carbons (Fsp3) is 0.750. The molecule has 2 rings (SSSR count). The molecule has 0 unspecified atom stereocenters. The predicted octanol–water partition coefficient (Wildman–Crippen LogP) is 3.66. The van der Waals surface area contributed by atoms with E-state index < -0.39 is 0 Å². The second-order valence-corrected chi connectivity index (χ2v) is 7.50. The first-order valence-corrected chi connectivity index (χ1v) is 8.87. The van der Waals surface area contributed by atoms with Crippen molar-refractivity contribution in [2.75, 3.05) is 26.2 Å². The van der Waals surface area contributed by atoms with Crippen LogP contribution in [0.25, 0.3) is 0 Å². The van der Waals surface area contributed by atoms with Crippen LogP contribution in [0, 0.1) is 0 Å². The van der Waals surface area contributed by atoms with Crippen molar-refractivity contribution >= 4 is 41.3 Å². The van der Waals surface area contributed by atoms with Gasteiger partial charge >= 0.3 is 0 Å². The van der Waals surface area contributed by atoms with E-state index in [9.17, 15) is 0 Å². The van der Waals surface area contributed by atoms with Gasteiger partial charge < -0.3 is 10.2 Å². The zero-order valence-electron chi connectivity index (χ0n) is 14.2. The van der Waals surface area contributed by atoms with Gasteiger partial charge in [-0.15, -0.1) is 35.3 Å². The zero-order valence-corrected chi connectivity index (χ0v) is 17.3. The van der Waals surface area contributed by atoms with Crippen LogP contribution in [0.3, 0.4) is 0 Å². The lowest BCUT2D eigenvalue weighted by molar-refractivity contribution is 0.494. The minimum atomic E-state index is 0. The van der Waals surface area contributed by atoms with Crippen molar-refractivity contribution in [3.8, 4) is 0 Å². The molecule has 4 nitrogen and oxygen atoms in total. The Morgan fingerprint density at radius 1 is 1.36 bits per heavy atom. The Morgan fingerprint density at radius 2 is 2.05 bits per heavy atom. The van der Waals surface area contributed by atoms with Crippen molar-refractivity contribution in [1.29, 1.82) is 0 Å². The molecule has 6 heteroatoms. The Kier molecular flexibility index (Phi) is 8.10. The molecule has 22 heavy (non-hydrogen) atoms. The standard InChI is InChI=1S/C16H28N4S.HI/c1-5-17-15(20-10-6-7-11-20)18-9-8-14-19-13(12-21-14)16(2,3)4;/h12H,5-11H2,1-4H3,(H,17,18);1H. The van der Waals surface area contributed by atoms with Gasteiger partial charge in [0.1, 0.15) is 0 Å². The molecule has 0 amide bonds. The van der Waals surface area contributed by atoms with Crippen molar-refractivity contribution in [3.05, 3.63) is 16.1 Å². The van der Waals surface area contributed by atoms with E-state index in [-0.39, 0.29) is 29.4 Å². The number of aromatic nitrogens is 1. The average Bonchev–Trinajstić information content (AvgIpc) is 3.08. The smallest absolute Gasteiger partial charge is 0.193 e. The van der Waals surface area contributed by atoms with Crippen molar-refractivity contribution in [2.45, 2.75) is 52.4 Å². The second-order valence-electron chi connectivity index (χ2n) is 6.56. The number of likely N-dealkylation sites (tertiary alicyclic amines) is 1. The van der Waals surface area contributed by atoms with Crippen LogP contribution in [-0.2, 0) is 11.8 Å². The van der Waals surface area contributed by atoms with E-state index in [2.05, 4.69) is 43.3 Å². The van der Waals surface area contributed by atoms with E-state index in [1.165, 1.54) is 23.5 Å². The number of hydrogen-bond donors (Lipinski definition) is 1. The van der Waals surface area contributed by atoms with Gasteiger partial charge in [-0.2, -0.15) is 0 Å². The van der Waals surface area contributed by atoms with Gasteiger partial charge in [-0.3, -0.25) is 4.99 Å². The Bertz CT molecular complexity index is 473. The molecule has 1 aliphatic heterocycles. The van der Waals surface area contributed by atoms with Crippen LogP contribution in [0.5, 0.6) is 0 Å². The number of rotatable bonds is 4. The number of nitrogens with zero attached hydrogens (tertiary/aromatic N) is 3. The molecule has 2 heterocycles. The van der Waals surface area contributed by atoms with E-state index in [1.54, 1.807) is 11.3 Å². The molecular weight excluding hydrogens is 407 g/mol. The number of guanidine groups is 1. The predicted molar refractivity (Wildman–Crippen MR) is 107 cm³/mol. The van der Waals surface area contributed by atoms with Crippen LogP contribution in [0.15, 0.2) is 10.4 Å². The SMILES string of the molecule is CCNC(=NCCc1nc(C(C)(C)C)cs1)N1CCCC1.I. The molecule has 0 aliphatic carbocycles. The highest BCUT2D eigenvalue weighted by Gasteiger charge is 2.18. The monoisotopic (exact) mass is 436 g/mol. The van der Waals surface area contributed by atoms with Gasteiger partial charge in [-0.05, 0) is 19.8 Å². The average molecular weight is 436 g/mol. The maximum absolute atomic E-state index is 4.76. The van der Waals surface area contributed by atoms with Crippen molar-refractivity contribution < 1.29 is 0 Å². The summed E-state index contributed by atoms with van der Waals surface area (Å²) in [5.41, 5.74) is 1.33. The summed E-state index contributed by atoms with van der Waals surface area (Å²) >= 11 is 1.76. The van der Waals surface area contributed by atoms with Crippen LogP contribution in [0.2, 0.25) is 0 Å². The number of hydrogen-bond acceptors (Lipinski definition) is 3. The van der Waals surface area contributed by atoms with Gasteiger partial charge in [0.15, 0.2) is 5.96 Å². The first-order valence-electron chi connectivity index (χ1n) is 7.99. The summed E-state index contributed by atoms with van der Waals surface area (Å²) in [6.45, 7) is 12.8. The molecule has 0 saturated carbocycles. The molecule has 1 fully saturated rings.